The minimum atomic E-state index is -0.403. The summed E-state index contributed by atoms with van der Waals surface area (Å²) in [6, 6.07) is 6.73. The van der Waals surface area contributed by atoms with Gasteiger partial charge in [0.05, 0.1) is 26.6 Å². The molecule has 7 heteroatoms. The highest BCUT2D eigenvalue weighted by atomic mass is 35.5. The van der Waals surface area contributed by atoms with Gasteiger partial charge < -0.3 is 5.32 Å². The zero-order chi connectivity index (χ0) is 14.1. The molecule has 100 valence electrons. The molecule has 2 heterocycles. The number of hydrogen-bond donors (Lipinski definition) is 2. The molecule has 1 aromatic carbocycles. The smallest absolute Gasteiger partial charge is 0.276 e. The van der Waals surface area contributed by atoms with Crippen molar-refractivity contribution < 1.29 is 4.79 Å². The van der Waals surface area contributed by atoms with E-state index in [1.807, 2.05) is 0 Å². The van der Waals surface area contributed by atoms with E-state index in [1.165, 1.54) is 0 Å². The molecule has 2 N–H and O–H groups in total. The Balaban J connectivity index is 1.98. The van der Waals surface area contributed by atoms with E-state index in [4.69, 9.17) is 23.2 Å². The lowest BCUT2D eigenvalue weighted by Crippen LogP contribution is -2.13. The number of carbonyl (C=O) groups is 1. The van der Waals surface area contributed by atoms with E-state index in [0.29, 0.717) is 21.1 Å². The Bertz CT molecular complexity index is 780. The third-order valence-corrected chi connectivity index (χ3v) is 3.41. The van der Waals surface area contributed by atoms with Crippen LogP contribution in [0.3, 0.4) is 0 Å². The zero-order valence-electron chi connectivity index (χ0n) is 10.0. The summed E-state index contributed by atoms with van der Waals surface area (Å²) in [4.78, 5) is 16.2. The molecule has 0 saturated heterocycles. The number of H-pyrrole nitrogens is 1. The second-order valence-electron chi connectivity index (χ2n) is 4.04. The lowest BCUT2D eigenvalue weighted by molar-refractivity contribution is 0.102. The molecule has 0 spiro atoms. The number of carbonyl (C=O) groups excluding carboxylic acids is 1. The topological polar surface area (TPSA) is 70.7 Å². The van der Waals surface area contributed by atoms with Crippen LogP contribution in [0.15, 0.2) is 36.7 Å². The molecule has 0 atom stereocenters. The number of halogens is 2. The minimum absolute atomic E-state index is 0.240. The molecule has 0 fully saturated rings. The van der Waals surface area contributed by atoms with Gasteiger partial charge in [0.15, 0.2) is 5.69 Å². The van der Waals surface area contributed by atoms with Crippen molar-refractivity contribution in [3.8, 4) is 0 Å². The molecule has 0 unspecified atom stereocenters. The third kappa shape index (κ3) is 2.21. The fourth-order valence-electron chi connectivity index (χ4n) is 1.82. The number of amides is 1. The molecule has 1 amide bonds. The van der Waals surface area contributed by atoms with Crippen molar-refractivity contribution in [2.75, 3.05) is 5.32 Å². The monoisotopic (exact) mass is 306 g/mol. The first-order chi connectivity index (χ1) is 9.66. The largest absolute Gasteiger partial charge is 0.318 e. The van der Waals surface area contributed by atoms with Gasteiger partial charge in [-0.15, -0.1) is 0 Å². The number of pyridine rings is 1. The molecule has 0 aliphatic heterocycles. The lowest BCUT2D eigenvalue weighted by Gasteiger charge is -2.07. The van der Waals surface area contributed by atoms with Gasteiger partial charge >= 0.3 is 0 Å². The summed E-state index contributed by atoms with van der Waals surface area (Å²) in [6.07, 6.45) is 3.19. The summed E-state index contributed by atoms with van der Waals surface area (Å²) in [6.45, 7) is 0. The van der Waals surface area contributed by atoms with Gasteiger partial charge in [-0.3, -0.25) is 14.9 Å². The van der Waals surface area contributed by atoms with E-state index in [1.54, 1.807) is 36.7 Å². The van der Waals surface area contributed by atoms with Crippen LogP contribution in [0.2, 0.25) is 10.0 Å². The Morgan fingerprint density at radius 3 is 2.70 bits per heavy atom. The number of para-hydroxylation sites is 1. The van der Waals surface area contributed by atoms with Gasteiger partial charge in [0.25, 0.3) is 5.91 Å². The van der Waals surface area contributed by atoms with Crippen molar-refractivity contribution in [3.05, 3.63) is 52.4 Å². The maximum atomic E-state index is 12.3. The second-order valence-corrected chi connectivity index (χ2v) is 4.86. The van der Waals surface area contributed by atoms with E-state index in [0.717, 1.165) is 5.52 Å². The lowest BCUT2D eigenvalue weighted by atomic mass is 10.2. The van der Waals surface area contributed by atoms with Crippen LogP contribution in [0.5, 0.6) is 0 Å². The fourth-order valence-corrected chi connectivity index (χ4v) is 2.31. The standard InChI is InChI=1S/C13H8Cl2N4O/c14-8-2-1-3-9(15)12(8)17-13(20)11-7-6-16-5-4-10(7)18-19-11/h1-6H,(H,17,20)(H,18,19). The normalized spacial score (nSPS) is 10.7. The van der Waals surface area contributed by atoms with Gasteiger partial charge in [-0.1, -0.05) is 29.3 Å². The maximum absolute atomic E-state index is 12.3. The molecule has 0 bridgehead atoms. The van der Waals surface area contributed by atoms with Crippen LogP contribution >= 0.6 is 23.2 Å². The summed E-state index contributed by atoms with van der Waals surface area (Å²) in [5, 5.41) is 10.8. The molecule has 3 aromatic rings. The van der Waals surface area contributed by atoms with Crippen molar-refractivity contribution >= 4 is 45.7 Å². The van der Waals surface area contributed by atoms with Crippen LogP contribution in [-0.4, -0.2) is 21.1 Å². The highest BCUT2D eigenvalue weighted by molar-refractivity contribution is 6.40. The third-order valence-electron chi connectivity index (χ3n) is 2.78. The predicted octanol–water partition coefficient (Wildman–Crippen LogP) is 3.52. The number of nitrogens with one attached hydrogen (secondary N) is 2. The first kappa shape index (κ1) is 12.9. The van der Waals surface area contributed by atoms with Crippen molar-refractivity contribution in [1.82, 2.24) is 15.2 Å². The zero-order valence-corrected chi connectivity index (χ0v) is 11.5. The molecule has 0 radical (unpaired) electrons. The van der Waals surface area contributed by atoms with Gasteiger partial charge in [0.2, 0.25) is 0 Å². The molecule has 2 aromatic heterocycles. The van der Waals surface area contributed by atoms with Crippen LogP contribution in [0, 0.1) is 0 Å². The van der Waals surface area contributed by atoms with Crippen molar-refractivity contribution in [2.45, 2.75) is 0 Å². The maximum Gasteiger partial charge on any atom is 0.276 e. The number of aromatic amines is 1. The number of aromatic nitrogens is 3. The van der Waals surface area contributed by atoms with E-state index in [9.17, 15) is 4.79 Å². The Labute approximate surface area is 123 Å². The molecule has 0 aliphatic rings. The van der Waals surface area contributed by atoms with Crippen LogP contribution in [-0.2, 0) is 0 Å². The number of hydrogen-bond acceptors (Lipinski definition) is 3. The summed E-state index contributed by atoms with van der Waals surface area (Å²) in [5.41, 5.74) is 1.33. The average molecular weight is 307 g/mol. The molecular formula is C13H8Cl2N4O. The van der Waals surface area contributed by atoms with Crippen LogP contribution in [0.25, 0.3) is 10.9 Å². The van der Waals surface area contributed by atoms with E-state index < -0.39 is 5.91 Å². The van der Waals surface area contributed by atoms with E-state index >= 15 is 0 Å². The van der Waals surface area contributed by atoms with Crippen LogP contribution < -0.4 is 5.32 Å². The van der Waals surface area contributed by atoms with Crippen molar-refractivity contribution in [1.29, 1.82) is 0 Å². The van der Waals surface area contributed by atoms with Gasteiger partial charge in [0.1, 0.15) is 0 Å². The highest BCUT2D eigenvalue weighted by Crippen LogP contribution is 2.30. The first-order valence-corrected chi connectivity index (χ1v) is 6.46. The first-order valence-electron chi connectivity index (χ1n) is 5.70. The SMILES string of the molecule is O=C(Nc1c(Cl)cccc1Cl)c1n[nH]c2ccncc12. The minimum Gasteiger partial charge on any atom is -0.318 e. The Hall–Kier alpha value is -2.11. The van der Waals surface area contributed by atoms with E-state index in [2.05, 4.69) is 20.5 Å². The summed E-state index contributed by atoms with van der Waals surface area (Å²) in [7, 11) is 0. The Morgan fingerprint density at radius 2 is 1.95 bits per heavy atom. The van der Waals surface area contributed by atoms with Gasteiger partial charge in [0, 0.05) is 12.4 Å². The molecule has 0 aliphatic carbocycles. The van der Waals surface area contributed by atoms with Crippen molar-refractivity contribution in [3.63, 3.8) is 0 Å². The number of benzene rings is 1. The Kier molecular flexibility index (Phi) is 3.30. The number of nitrogens with zero attached hydrogens (tertiary/aromatic N) is 2. The predicted molar refractivity (Wildman–Crippen MR) is 78.3 cm³/mol. The molecule has 5 nitrogen and oxygen atoms in total. The number of fused-ring (bicyclic) bond motifs is 1. The number of anilines is 1. The van der Waals surface area contributed by atoms with Gasteiger partial charge in [-0.2, -0.15) is 5.10 Å². The van der Waals surface area contributed by atoms with E-state index in [-0.39, 0.29) is 5.69 Å². The van der Waals surface area contributed by atoms with Crippen LogP contribution in [0.1, 0.15) is 10.5 Å². The summed E-state index contributed by atoms with van der Waals surface area (Å²) in [5.74, 6) is -0.403. The highest BCUT2D eigenvalue weighted by Gasteiger charge is 2.16. The molecular weight excluding hydrogens is 299 g/mol. The molecule has 3 rings (SSSR count). The fraction of sp³-hybridized carbons (Fsp3) is 0. The molecule has 0 saturated carbocycles. The van der Waals surface area contributed by atoms with Crippen molar-refractivity contribution in [2.24, 2.45) is 0 Å². The van der Waals surface area contributed by atoms with Gasteiger partial charge in [-0.05, 0) is 18.2 Å². The van der Waals surface area contributed by atoms with Crippen LogP contribution in [0.4, 0.5) is 5.69 Å². The summed E-state index contributed by atoms with van der Waals surface area (Å²) < 4.78 is 0. The quantitative estimate of drug-likeness (QED) is 0.761. The average Bonchev–Trinajstić information content (AvgIpc) is 2.87. The second kappa shape index (κ2) is 5.11. The summed E-state index contributed by atoms with van der Waals surface area (Å²) >= 11 is 12.0. The molecule has 20 heavy (non-hydrogen) atoms. The number of rotatable bonds is 2. The van der Waals surface area contributed by atoms with Gasteiger partial charge in [-0.25, -0.2) is 0 Å². The Morgan fingerprint density at radius 1 is 1.20 bits per heavy atom.